The highest BCUT2D eigenvalue weighted by Crippen LogP contribution is 2.20. The zero-order valence-electron chi connectivity index (χ0n) is 33.9. The number of hydrogen-bond acceptors (Lipinski definition) is 14. The molecule has 0 saturated carbocycles. The lowest BCUT2D eigenvalue weighted by atomic mass is 9.98. The van der Waals surface area contributed by atoms with Gasteiger partial charge in [-0.25, -0.2) is 0 Å². The van der Waals surface area contributed by atoms with E-state index in [9.17, 15) is 14.7 Å². The van der Waals surface area contributed by atoms with Crippen molar-refractivity contribution in [3.05, 3.63) is 0 Å². The maximum atomic E-state index is 12.7. The lowest BCUT2D eigenvalue weighted by Crippen LogP contribution is -2.51. The van der Waals surface area contributed by atoms with Crippen LogP contribution in [0.5, 0.6) is 0 Å². The van der Waals surface area contributed by atoms with Crippen molar-refractivity contribution in [2.45, 2.75) is 116 Å². The lowest BCUT2D eigenvalue weighted by Gasteiger charge is -2.29. The largest absolute Gasteiger partial charge is 0.396 e. The van der Waals surface area contributed by atoms with Gasteiger partial charge in [-0.1, -0.05) is 20.8 Å². The minimum Gasteiger partial charge on any atom is -0.396 e. The molecule has 0 radical (unpaired) electrons. The van der Waals surface area contributed by atoms with Crippen LogP contribution >= 0.6 is 0 Å². The van der Waals surface area contributed by atoms with Crippen LogP contribution in [0.2, 0.25) is 0 Å². The fourth-order valence-electron chi connectivity index (χ4n) is 4.87. The van der Waals surface area contributed by atoms with Gasteiger partial charge in [0.15, 0.2) is 6.29 Å². The second kappa shape index (κ2) is 33.8. The van der Waals surface area contributed by atoms with E-state index in [2.05, 4.69) is 29.8 Å². The summed E-state index contributed by atoms with van der Waals surface area (Å²) in [5.74, 6) is -0.521. The Balaban J connectivity index is 4.39. The number of carbonyl (C=O) groups is 2. The molecule has 4 unspecified atom stereocenters. The Hall–Kier alpha value is -1.54. The van der Waals surface area contributed by atoms with Gasteiger partial charge in [-0.2, -0.15) is 0 Å². The molecule has 0 aliphatic carbocycles. The molecular formula is C37H75N3O13. The van der Waals surface area contributed by atoms with Crippen LogP contribution in [-0.2, 0) is 52.2 Å². The molecular weight excluding hydrogens is 694 g/mol. The van der Waals surface area contributed by atoms with Crippen molar-refractivity contribution in [2.24, 2.45) is 0 Å². The van der Waals surface area contributed by atoms with Crippen molar-refractivity contribution in [2.75, 3.05) is 113 Å². The standard InChI is InChI=1S/C37H75N3O13/c1-8-36(5,45-6)15-21-48-20-14-34(43)40-32(12-13-33(42)38-16-22-47-19-11-18-41)35(44)39-17-23-49-26-28-52-31(4)53-29-27-50-24-25-51-30-37(9-2,10-3)46-7/h31-32,35,39,41,44H,8-30H2,1-7H3,(H,38,42)(H,40,43). The van der Waals surface area contributed by atoms with Crippen molar-refractivity contribution in [1.29, 1.82) is 0 Å². The number of aliphatic hydroxyl groups is 2. The number of aliphatic hydroxyl groups excluding tert-OH is 2. The fourth-order valence-corrected chi connectivity index (χ4v) is 4.87. The summed E-state index contributed by atoms with van der Waals surface area (Å²) in [7, 11) is 3.39. The van der Waals surface area contributed by atoms with Crippen LogP contribution in [-0.4, -0.2) is 165 Å². The van der Waals surface area contributed by atoms with Crippen LogP contribution in [0.3, 0.4) is 0 Å². The molecule has 316 valence electrons. The van der Waals surface area contributed by atoms with Crippen molar-refractivity contribution >= 4 is 11.8 Å². The maximum absolute atomic E-state index is 12.7. The first-order chi connectivity index (χ1) is 25.5. The van der Waals surface area contributed by atoms with Crippen molar-refractivity contribution in [3.63, 3.8) is 0 Å². The maximum Gasteiger partial charge on any atom is 0.222 e. The monoisotopic (exact) mass is 770 g/mol. The minimum atomic E-state index is -1.12. The zero-order chi connectivity index (χ0) is 39.6. The van der Waals surface area contributed by atoms with Gasteiger partial charge in [0, 0.05) is 60.0 Å². The predicted molar refractivity (Wildman–Crippen MR) is 201 cm³/mol. The summed E-state index contributed by atoms with van der Waals surface area (Å²) in [6.07, 6.45) is 2.73. The number of carbonyl (C=O) groups excluding carboxylic acids is 2. The molecule has 5 N–H and O–H groups in total. The van der Waals surface area contributed by atoms with Crippen LogP contribution in [0, 0.1) is 0 Å². The van der Waals surface area contributed by atoms with E-state index in [1.54, 1.807) is 21.1 Å². The molecule has 16 nitrogen and oxygen atoms in total. The predicted octanol–water partition coefficient (Wildman–Crippen LogP) is 1.92. The molecule has 0 fully saturated rings. The first-order valence-electron chi connectivity index (χ1n) is 19.3. The average molecular weight is 770 g/mol. The van der Waals surface area contributed by atoms with Crippen LogP contribution in [0.15, 0.2) is 0 Å². The first kappa shape index (κ1) is 51.5. The SMILES string of the molecule is CCC(C)(CCOCCC(=O)NC(CCC(=O)NCCOCCCO)C(O)NCCOCCOC(C)OCCOCCOCC(CC)(CC)OC)OC. The van der Waals surface area contributed by atoms with E-state index in [0.717, 1.165) is 19.3 Å². The van der Waals surface area contributed by atoms with E-state index in [0.29, 0.717) is 92.0 Å². The third kappa shape index (κ3) is 27.7. The quantitative estimate of drug-likeness (QED) is 0.0450. The molecule has 2 amide bonds. The van der Waals surface area contributed by atoms with Crippen LogP contribution in [0.1, 0.15) is 86.0 Å². The summed E-state index contributed by atoms with van der Waals surface area (Å²) in [6, 6.07) is -0.721. The Labute approximate surface area is 318 Å². The summed E-state index contributed by atoms with van der Waals surface area (Å²) in [5.41, 5.74) is -0.509. The molecule has 4 atom stereocenters. The third-order valence-electron chi connectivity index (χ3n) is 9.13. The van der Waals surface area contributed by atoms with Gasteiger partial charge in [0.1, 0.15) is 6.23 Å². The van der Waals surface area contributed by atoms with Crippen molar-refractivity contribution in [3.8, 4) is 0 Å². The molecule has 53 heavy (non-hydrogen) atoms. The summed E-state index contributed by atoms with van der Waals surface area (Å²) in [6.45, 7) is 15.4. The Morgan fingerprint density at radius 1 is 0.698 bits per heavy atom. The van der Waals surface area contributed by atoms with E-state index < -0.39 is 18.6 Å². The van der Waals surface area contributed by atoms with Crippen LogP contribution in [0.25, 0.3) is 0 Å². The number of rotatable bonds is 39. The third-order valence-corrected chi connectivity index (χ3v) is 9.13. The van der Waals surface area contributed by atoms with E-state index in [1.165, 1.54) is 0 Å². The fraction of sp³-hybridized carbons (Fsp3) is 0.946. The highest BCUT2D eigenvalue weighted by molar-refractivity contribution is 5.77. The zero-order valence-corrected chi connectivity index (χ0v) is 33.9. The van der Waals surface area contributed by atoms with Gasteiger partial charge in [0.25, 0.3) is 0 Å². The van der Waals surface area contributed by atoms with Crippen LogP contribution < -0.4 is 16.0 Å². The highest BCUT2D eigenvalue weighted by atomic mass is 16.7. The van der Waals surface area contributed by atoms with Gasteiger partial charge in [-0.15, -0.1) is 0 Å². The molecule has 0 aromatic carbocycles. The van der Waals surface area contributed by atoms with Gasteiger partial charge < -0.3 is 63.5 Å². The molecule has 0 aliphatic rings. The Kier molecular flexibility index (Phi) is 32.8. The van der Waals surface area contributed by atoms with Gasteiger partial charge in [-0.3, -0.25) is 14.9 Å². The Morgan fingerprint density at radius 3 is 1.92 bits per heavy atom. The number of hydrogen-bond donors (Lipinski definition) is 5. The van der Waals surface area contributed by atoms with Gasteiger partial charge in [0.05, 0.1) is 83.3 Å². The smallest absolute Gasteiger partial charge is 0.222 e. The minimum absolute atomic E-state index is 0.0491. The highest BCUT2D eigenvalue weighted by Gasteiger charge is 2.26. The second-order valence-electron chi connectivity index (χ2n) is 13.0. The second-order valence-corrected chi connectivity index (χ2v) is 13.0. The number of ether oxygens (including phenoxy) is 9. The van der Waals surface area contributed by atoms with E-state index in [4.69, 9.17) is 47.7 Å². The van der Waals surface area contributed by atoms with Crippen molar-refractivity contribution < 1.29 is 62.4 Å². The first-order valence-corrected chi connectivity index (χ1v) is 19.3. The summed E-state index contributed by atoms with van der Waals surface area (Å²) in [5, 5.41) is 28.2. The van der Waals surface area contributed by atoms with E-state index >= 15 is 0 Å². The lowest BCUT2D eigenvalue weighted by molar-refractivity contribution is -0.148. The molecule has 0 saturated heterocycles. The topological polar surface area (TPSA) is 194 Å². The van der Waals surface area contributed by atoms with Gasteiger partial charge in [-0.05, 0) is 52.4 Å². The van der Waals surface area contributed by atoms with Crippen molar-refractivity contribution in [1.82, 2.24) is 16.0 Å². The number of nitrogens with one attached hydrogen (secondary N) is 3. The number of methoxy groups -OCH3 is 2. The molecule has 0 aliphatic heterocycles. The molecule has 0 rings (SSSR count). The molecule has 16 heteroatoms. The average Bonchev–Trinajstić information content (AvgIpc) is 3.16. The summed E-state index contributed by atoms with van der Waals surface area (Å²) >= 11 is 0. The molecule has 0 aromatic heterocycles. The summed E-state index contributed by atoms with van der Waals surface area (Å²) in [4.78, 5) is 25.1. The summed E-state index contributed by atoms with van der Waals surface area (Å²) < 4.78 is 50.2. The van der Waals surface area contributed by atoms with Crippen LogP contribution in [0.4, 0.5) is 0 Å². The molecule has 0 aromatic rings. The van der Waals surface area contributed by atoms with Gasteiger partial charge >= 0.3 is 0 Å². The Morgan fingerprint density at radius 2 is 1.30 bits per heavy atom. The number of amides is 2. The molecule has 0 spiro atoms. The molecule has 0 bridgehead atoms. The molecule has 0 heterocycles. The normalized spacial score (nSPS) is 14.8. The Bertz CT molecular complexity index is 858. The van der Waals surface area contributed by atoms with E-state index in [1.807, 2.05) is 13.8 Å². The van der Waals surface area contributed by atoms with E-state index in [-0.39, 0.29) is 62.1 Å². The van der Waals surface area contributed by atoms with Gasteiger partial charge in [0.2, 0.25) is 11.8 Å².